The Morgan fingerprint density at radius 1 is 1.26 bits per heavy atom. The van der Waals surface area contributed by atoms with Gasteiger partial charge in [-0.2, -0.15) is 0 Å². The molecular weight excluding hydrogens is 484 g/mol. The number of benzene rings is 1. The van der Waals surface area contributed by atoms with Crippen molar-refractivity contribution >= 4 is 29.0 Å². The first-order chi connectivity index (χ1) is 16.7. The van der Waals surface area contributed by atoms with E-state index in [1.54, 1.807) is 13.1 Å². The second-order valence-corrected chi connectivity index (χ2v) is 8.78. The first-order valence-electron chi connectivity index (χ1n) is 10.7. The lowest BCUT2D eigenvalue weighted by Gasteiger charge is -2.29. The van der Waals surface area contributed by atoms with E-state index in [4.69, 9.17) is 16.3 Å². The standard InChI is InChI=1S/C23H20ClF2N5O4/c1-30-12-28-19(8-20(30)32)18-6-13(9-27-21(18)31-10-17-7-15(31)11-34-17)22(33)29-14-2-4-16(5-3-14)35-23(24,25)26/h2-6,8-9,12,15,17H,7,10-11H2,1H3,(H,29,33)/t15-,17-/m1/s1. The summed E-state index contributed by atoms with van der Waals surface area (Å²) in [4.78, 5) is 36.3. The van der Waals surface area contributed by atoms with Crippen LogP contribution in [0.1, 0.15) is 16.8 Å². The topological polar surface area (TPSA) is 98.6 Å². The molecule has 0 aliphatic carbocycles. The number of pyridine rings is 1. The van der Waals surface area contributed by atoms with Gasteiger partial charge in [0.25, 0.3) is 11.5 Å². The summed E-state index contributed by atoms with van der Waals surface area (Å²) >= 11 is 4.77. The van der Waals surface area contributed by atoms with Crippen LogP contribution < -0.4 is 20.5 Å². The molecule has 2 aromatic heterocycles. The molecule has 12 heteroatoms. The minimum atomic E-state index is -3.83. The molecule has 182 valence electrons. The van der Waals surface area contributed by atoms with E-state index in [1.807, 2.05) is 0 Å². The van der Waals surface area contributed by atoms with Crippen molar-refractivity contribution in [2.45, 2.75) is 24.1 Å². The van der Waals surface area contributed by atoms with Crippen LogP contribution in [0.3, 0.4) is 0 Å². The lowest BCUT2D eigenvalue weighted by atomic mass is 10.1. The van der Waals surface area contributed by atoms with Crippen LogP contribution in [0.4, 0.5) is 20.3 Å². The number of amides is 1. The van der Waals surface area contributed by atoms with Gasteiger partial charge in [-0.05, 0) is 36.8 Å². The number of carbonyl (C=O) groups excluding carboxylic acids is 1. The predicted molar refractivity (Wildman–Crippen MR) is 124 cm³/mol. The zero-order valence-corrected chi connectivity index (χ0v) is 19.2. The van der Waals surface area contributed by atoms with Gasteiger partial charge in [-0.1, -0.05) is 0 Å². The number of anilines is 2. The third-order valence-corrected chi connectivity index (χ3v) is 5.98. The molecule has 2 bridgehead atoms. The van der Waals surface area contributed by atoms with Crippen LogP contribution in [-0.2, 0) is 11.8 Å². The molecule has 0 spiro atoms. The number of halogens is 3. The van der Waals surface area contributed by atoms with E-state index >= 15 is 0 Å². The quantitative estimate of drug-likeness (QED) is 0.516. The van der Waals surface area contributed by atoms with E-state index in [0.29, 0.717) is 35.9 Å². The highest BCUT2D eigenvalue weighted by molar-refractivity contribution is 6.20. The fourth-order valence-corrected chi connectivity index (χ4v) is 4.30. The predicted octanol–water partition coefficient (Wildman–Crippen LogP) is 3.24. The average molecular weight is 504 g/mol. The van der Waals surface area contributed by atoms with Crippen LogP contribution in [0.2, 0.25) is 0 Å². The summed E-state index contributed by atoms with van der Waals surface area (Å²) in [6.45, 7) is 1.25. The minimum absolute atomic E-state index is 0.125. The van der Waals surface area contributed by atoms with Gasteiger partial charge in [-0.3, -0.25) is 9.59 Å². The number of rotatable bonds is 6. The smallest absolute Gasteiger partial charge is 0.420 e. The third-order valence-electron chi connectivity index (χ3n) is 5.90. The van der Waals surface area contributed by atoms with E-state index in [1.165, 1.54) is 47.4 Å². The van der Waals surface area contributed by atoms with Gasteiger partial charge in [-0.15, -0.1) is 8.78 Å². The molecule has 4 heterocycles. The number of aromatic nitrogens is 3. The monoisotopic (exact) mass is 503 g/mol. The maximum Gasteiger partial charge on any atom is 0.487 e. The molecule has 2 aliphatic rings. The fourth-order valence-electron chi connectivity index (χ4n) is 4.21. The number of hydrogen-bond donors (Lipinski definition) is 1. The average Bonchev–Trinajstić information content (AvgIpc) is 3.45. The van der Waals surface area contributed by atoms with Gasteiger partial charge < -0.3 is 24.3 Å². The van der Waals surface area contributed by atoms with Crippen molar-refractivity contribution < 1.29 is 23.0 Å². The summed E-state index contributed by atoms with van der Waals surface area (Å²) in [7, 11) is 1.60. The highest BCUT2D eigenvalue weighted by atomic mass is 35.5. The van der Waals surface area contributed by atoms with Crippen molar-refractivity contribution in [3.8, 4) is 17.0 Å². The third kappa shape index (κ3) is 4.96. The number of carbonyl (C=O) groups is 1. The summed E-state index contributed by atoms with van der Waals surface area (Å²) in [5, 5.41) is 2.69. The molecule has 9 nitrogen and oxygen atoms in total. The van der Waals surface area contributed by atoms with E-state index in [0.717, 1.165) is 6.42 Å². The molecule has 2 fully saturated rings. The zero-order chi connectivity index (χ0) is 24.7. The van der Waals surface area contributed by atoms with Gasteiger partial charge in [0.2, 0.25) is 0 Å². The van der Waals surface area contributed by atoms with Crippen molar-refractivity contribution in [1.29, 1.82) is 0 Å². The lowest BCUT2D eigenvalue weighted by molar-refractivity contribution is -0.0964. The van der Waals surface area contributed by atoms with Crippen LogP contribution in [-0.4, -0.2) is 51.3 Å². The fraction of sp³-hybridized carbons (Fsp3) is 0.304. The van der Waals surface area contributed by atoms with Crippen molar-refractivity contribution in [1.82, 2.24) is 14.5 Å². The Hall–Kier alpha value is -3.57. The summed E-state index contributed by atoms with van der Waals surface area (Å²) < 4.78 is 36.9. The summed E-state index contributed by atoms with van der Waals surface area (Å²) in [6.07, 6.45) is 3.89. The van der Waals surface area contributed by atoms with Crippen LogP contribution in [0.25, 0.3) is 11.3 Å². The molecule has 1 aromatic carbocycles. The van der Waals surface area contributed by atoms with Gasteiger partial charge in [0, 0.05) is 48.7 Å². The number of nitrogens with zero attached hydrogens (tertiary/aromatic N) is 4. The van der Waals surface area contributed by atoms with E-state index in [9.17, 15) is 18.4 Å². The van der Waals surface area contributed by atoms with Crippen molar-refractivity contribution in [2.75, 3.05) is 23.4 Å². The molecule has 35 heavy (non-hydrogen) atoms. The largest absolute Gasteiger partial charge is 0.487 e. The highest BCUT2D eigenvalue weighted by Gasteiger charge is 2.40. The summed E-state index contributed by atoms with van der Waals surface area (Å²) in [6, 6.07) is 8.53. The molecule has 0 radical (unpaired) electrons. The van der Waals surface area contributed by atoms with Gasteiger partial charge in [0.05, 0.1) is 36.3 Å². The van der Waals surface area contributed by atoms with Crippen LogP contribution in [0.15, 0.2) is 53.7 Å². The SMILES string of the molecule is Cn1cnc(-c2cc(C(=O)Nc3ccc(OC(F)(F)Cl)cc3)cnc2N2C[C@H]3C[C@@H]2CO3)cc1=O. The molecule has 2 saturated heterocycles. The molecule has 0 unspecified atom stereocenters. The Bertz CT molecular complexity index is 1330. The minimum Gasteiger partial charge on any atom is -0.420 e. The van der Waals surface area contributed by atoms with Crippen molar-refractivity contribution in [3.05, 3.63) is 64.8 Å². The second kappa shape index (κ2) is 8.90. The number of alkyl halides is 3. The molecular formula is C23H20ClF2N5O4. The Labute approximate surface area is 203 Å². The first-order valence-corrected chi connectivity index (χ1v) is 11.1. The zero-order valence-electron chi connectivity index (χ0n) is 18.5. The van der Waals surface area contributed by atoms with Crippen LogP contribution >= 0.6 is 11.6 Å². The van der Waals surface area contributed by atoms with Crippen molar-refractivity contribution in [3.63, 3.8) is 0 Å². The second-order valence-electron chi connectivity index (χ2n) is 8.34. The van der Waals surface area contributed by atoms with Crippen LogP contribution in [0, 0.1) is 0 Å². The Kier molecular flexibility index (Phi) is 5.89. The van der Waals surface area contributed by atoms with Gasteiger partial charge in [-0.25, -0.2) is 9.97 Å². The number of ether oxygens (including phenoxy) is 2. The molecule has 3 aromatic rings. The first kappa shape index (κ1) is 23.2. The molecule has 1 N–H and O–H groups in total. The molecule has 0 saturated carbocycles. The van der Waals surface area contributed by atoms with Gasteiger partial charge in [0.15, 0.2) is 0 Å². The van der Waals surface area contributed by atoms with Crippen LogP contribution in [0.5, 0.6) is 5.75 Å². The number of hydrogen-bond acceptors (Lipinski definition) is 7. The van der Waals surface area contributed by atoms with Crippen molar-refractivity contribution in [2.24, 2.45) is 7.05 Å². The highest BCUT2D eigenvalue weighted by Crippen LogP contribution is 2.37. The van der Waals surface area contributed by atoms with Gasteiger partial charge in [0.1, 0.15) is 11.6 Å². The maximum absolute atomic E-state index is 12.9. The maximum atomic E-state index is 12.9. The molecule has 2 atom stereocenters. The van der Waals surface area contributed by atoms with E-state index in [-0.39, 0.29) is 29.0 Å². The van der Waals surface area contributed by atoms with E-state index in [2.05, 4.69) is 24.9 Å². The van der Waals surface area contributed by atoms with Gasteiger partial charge >= 0.3 is 5.57 Å². The molecule has 1 amide bonds. The molecule has 5 rings (SSSR count). The Balaban J connectivity index is 1.44. The van der Waals surface area contributed by atoms with E-state index < -0.39 is 11.5 Å². The molecule has 2 aliphatic heterocycles. The number of morpholine rings is 1. The number of nitrogens with one attached hydrogen (secondary N) is 1. The summed E-state index contributed by atoms with van der Waals surface area (Å²) in [5.74, 6) is -0.00436. The number of fused-ring (bicyclic) bond motifs is 2. The summed E-state index contributed by atoms with van der Waals surface area (Å²) in [5.41, 5.74) is -2.53. The number of aryl methyl sites for hydroxylation is 1. The lowest BCUT2D eigenvalue weighted by Crippen LogP contribution is -2.38. The Morgan fingerprint density at radius 2 is 2.03 bits per heavy atom. The Morgan fingerprint density at radius 3 is 2.66 bits per heavy atom. The normalized spacial score (nSPS) is 19.1.